The SMILES string of the molecule is CC(C)c1cccc(C(C)C)c1-c1cccc(-c2c(C(C)C)cccc2C(C)C)c1P1C(C)CC(O)CC1C. The second kappa shape index (κ2) is 12.3. The van der Waals surface area contributed by atoms with Crippen molar-refractivity contribution in [1.29, 1.82) is 0 Å². The molecule has 2 heteroatoms. The minimum atomic E-state index is -0.491. The molecular weight excluding hydrogens is 491 g/mol. The molecule has 0 spiro atoms. The summed E-state index contributed by atoms with van der Waals surface area (Å²) in [6.45, 7) is 23.5. The van der Waals surface area contributed by atoms with Gasteiger partial charge in [0.25, 0.3) is 0 Å². The highest BCUT2D eigenvalue weighted by Gasteiger charge is 2.37. The molecule has 2 atom stereocenters. The summed E-state index contributed by atoms with van der Waals surface area (Å²) in [6, 6.07) is 21.1. The third kappa shape index (κ3) is 5.92. The number of hydrogen-bond acceptors (Lipinski definition) is 1. The van der Waals surface area contributed by atoms with Crippen LogP contribution in [0.25, 0.3) is 22.3 Å². The van der Waals surface area contributed by atoms with Crippen molar-refractivity contribution in [3.63, 3.8) is 0 Å². The molecule has 0 aromatic heterocycles. The van der Waals surface area contributed by atoms with E-state index in [4.69, 9.17) is 0 Å². The van der Waals surface area contributed by atoms with E-state index in [0.717, 1.165) is 12.8 Å². The molecule has 0 bridgehead atoms. The van der Waals surface area contributed by atoms with Gasteiger partial charge in [-0.15, -0.1) is 0 Å². The highest BCUT2D eigenvalue weighted by molar-refractivity contribution is 7.67. The van der Waals surface area contributed by atoms with Crippen LogP contribution in [0.3, 0.4) is 0 Å². The molecule has 3 aromatic rings. The summed E-state index contributed by atoms with van der Waals surface area (Å²) in [5.74, 6) is 1.78. The molecule has 1 fully saturated rings. The quantitative estimate of drug-likeness (QED) is 0.294. The highest BCUT2D eigenvalue weighted by Crippen LogP contribution is 2.57. The first kappa shape index (κ1) is 30.0. The zero-order chi connectivity index (χ0) is 28.6. The molecule has 1 N–H and O–H groups in total. The van der Waals surface area contributed by atoms with Gasteiger partial charge in [0.1, 0.15) is 0 Å². The van der Waals surface area contributed by atoms with Crippen molar-refractivity contribution < 1.29 is 5.11 Å². The fourth-order valence-corrected chi connectivity index (χ4v) is 10.6. The summed E-state index contributed by atoms with van der Waals surface area (Å²) in [5, 5.41) is 12.3. The monoisotopic (exact) mass is 542 g/mol. The van der Waals surface area contributed by atoms with E-state index in [2.05, 4.69) is 124 Å². The number of rotatable bonds is 7. The molecule has 0 radical (unpaired) electrons. The Bertz CT molecular complexity index is 1140. The average molecular weight is 543 g/mol. The Labute approximate surface area is 240 Å². The van der Waals surface area contributed by atoms with Gasteiger partial charge in [-0.25, -0.2) is 0 Å². The molecule has 0 amide bonds. The summed E-state index contributed by atoms with van der Waals surface area (Å²) in [7, 11) is -0.491. The maximum Gasteiger partial charge on any atom is 0.0552 e. The fourth-order valence-electron chi connectivity index (χ4n) is 6.94. The summed E-state index contributed by atoms with van der Waals surface area (Å²) in [4.78, 5) is 0. The minimum absolute atomic E-state index is 0.187. The maximum absolute atomic E-state index is 10.8. The van der Waals surface area contributed by atoms with Crippen LogP contribution in [0.4, 0.5) is 0 Å². The molecule has 4 rings (SSSR count). The summed E-state index contributed by atoms with van der Waals surface area (Å²) < 4.78 is 0. The van der Waals surface area contributed by atoms with Crippen molar-refractivity contribution in [2.75, 3.05) is 0 Å². The summed E-state index contributed by atoms with van der Waals surface area (Å²) >= 11 is 0. The molecule has 1 aliphatic rings. The van der Waals surface area contributed by atoms with Crippen molar-refractivity contribution in [2.24, 2.45) is 0 Å². The van der Waals surface area contributed by atoms with Crippen LogP contribution in [-0.4, -0.2) is 22.5 Å². The topological polar surface area (TPSA) is 20.2 Å². The van der Waals surface area contributed by atoms with E-state index in [-0.39, 0.29) is 6.10 Å². The van der Waals surface area contributed by atoms with Crippen molar-refractivity contribution in [3.05, 3.63) is 76.9 Å². The van der Waals surface area contributed by atoms with E-state index < -0.39 is 7.92 Å². The van der Waals surface area contributed by atoms with Crippen molar-refractivity contribution in [3.8, 4) is 22.3 Å². The predicted octanol–water partition coefficient (Wildman–Crippen LogP) is 10.6. The van der Waals surface area contributed by atoms with Crippen LogP contribution in [0.5, 0.6) is 0 Å². The third-order valence-electron chi connectivity index (χ3n) is 8.75. The zero-order valence-corrected chi connectivity index (χ0v) is 26.9. The van der Waals surface area contributed by atoms with E-state index in [1.165, 1.54) is 44.5 Å². The Morgan fingerprint density at radius 1 is 0.564 bits per heavy atom. The largest absolute Gasteiger partial charge is 0.393 e. The Hall–Kier alpha value is -1.95. The van der Waals surface area contributed by atoms with Crippen LogP contribution in [0.1, 0.15) is 128 Å². The van der Waals surface area contributed by atoms with Crippen LogP contribution in [0, 0.1) is 0 Å². The van der Waals surface area contributed by atoms with Gasteiger partial charge in [-0.05, 0) is 97.6 Å². The van der Waals surface area contributed by atoms with Crippen LogP contribution in [0.15, 0.2) is 54.6 Å². The first-order valence-electron chi connectivity index (χ1n) is 15.3. The molecule has 210 valence electrons. The highest BCUT2D eigenvalue weighted by atomic mass is 31.1. The molecule has 1 aliphatic heterocycles. The van der Waals surface area contributed by atoms with Crippen LogP contribution in [-0.2, 0) is 0 Å². The molecule has 0 aliphatic carbocycles. The first-order chi connectivity index (χ1) is 18.4. The standard InChI is InChI=1S/C37H51OP/c1-22(2)29-14-11-15-30(23(3)4)35(29)33-18-13-19-34(37(33)39-26(9)20-28(38)21-27(39)10)36-31(24(5)6)16-12-17-32(36)25(7)8/h11-19,22-28,38H,20-21H2,1-10H3. The van der Waals surface area contributed by atoms with Crippen molar-refractivity contribution >= 4 is 13.2 Å². The Kier molecular flexibility index (Phi) is 9.45. The normalized spacial score (nSPS) is 21.9. The molecule has 0 saturated carbocycles. The average Bonchev–Trinajstić information content (AvgIpc) is 2.87. The Balaban J connectivity index is 2.18. The van der Waals surface area contributed by atoms with Crippen molar-refractivity contribution in [2.45, 2.75) is 123 Å². The minimum Gasteiger partial charge on any atom is -0.393 e. The number of hydrogen-bond donors (Lipinski definition) is 1. The smallest absolute Gasteiger partial charge is 0.0552 e. The number of benzene rings is 3. The molecular formula is C37H51OP. The molecule has 1 saturated heterocycles. The van der Waals surface area contributed by atoms with Crippen LogP contribution >= 0.6 is 7.92 Å². The van der Waals surface area contributed by atoms with Gasteiger partial charge in [-0.3, -0.25) is 0 Å². The van der Waals surface area contributed by atoms with Gasteiger partial charge in [0.05, 0.1) is 6.10 Å². The Morgan fingerprint density at radius 3 is 1.18 bits per heavy atom. The van der Waals surface area contributed by atoms with Gasteiger partial charge in [0.15, 0.2) is 0 Å². The number of aliphatic hydroxyl groups excluding tert-OH is 1. The van der Waals surface area contributed by atoms with E-state index in [1.54, 1.807) is 5.30 Å². The van der Waals surface area contributed by atoms with E-state index in [0.29, 0.717) is 35.0 Å². The summed E-state index contributed by atoms with van der Waals surface area (Å²) in [6.07, 6.45) is 1.61. The molecule has 1 heterocycles. The van der Waals surface area contributed by atoms with Crippen LogP contribution < -0.4 is 5.30 Å². The van der Waals surface area contributed by atoms with Gasteiger partial charge in [0.2, 0.25) is 0 Å². The van der Waals surface area contributed by atoms with Gasteiger partial charge in [-0.2, -0.15) is 0 Å². The fraction of sp³-hybridized carbons (Fsp3) is 0.514. The van der Waals surface area contributed by atoms with Crippen molar-refractivity contribution in [1.82, 2.24) is 0 Å². The number of aliphatic hydroxyl groups is 1. The second-order valence-corrected chi connectivity index (χ2v) is 16.2. The molecule has 1 nitrogen and oxygen atoms in total. The molecule has 3 aromatic carbocycles. The molecule has 39 heavy (non-hydrogen) atoms. The van der Waals surface area contributed by atoms with E-state index in [9.17, 15) is 5.11 Å². The van der Waals surface area contributed by atoms with Gasteiger partial charge in [-0.1, -0.05) is 132 Å². The lowest BCUT2D eigenvalue weighted by Gasteiger charge is -2.41. The summed E-state index contributed by atoms with van der Waals surface area (Å²) in [5.41, 5.74) is 12.6. The Morgan fingerprint density at radius 2 is 0.872 bits per heavy atom. The third-order valence-corrected chi connectivity index (χ3v) is 12.1. The lowest BCUT2D eigenvalue weighted by atomic mass is 9.82. The zero-order valence-electron chi connectivity index (χ0n) is 26.0. The van der Waals surface area contributed by atoms with E-state index >= 15 is 0 Å². The van der Waals surface area contributed by atoms with Gasteiger partial charge >= 0.3 is 0 Å². The van der Waals surface area contributed by atoms with Crippen LogP contribution in [0.2, 0.25) is 0 Å². The molecule has 2 unspecified atom stereocenters. The predicted molar refractivity (Wildman–Crippen MR) is 174 cm³/mol. The van der Waals surface area contributed by atoms with E-state index in [1.807, 2.05) is 0 Å². The lowest BCUT2D eigenvalue weighted by molar-refractivity contribution is 0.149. The first-order valence-corrected chi connectivity index (χ1v) is 16.8. The van der Waals surface area contributed by atoms with Gasteiger partial charge in [0, 0.05) is 0 Å². The lowest BCUT2D eigenvalue weighted by Crippen LogP contribution is -2.33. The van der Waals surface area contributed by atoms with Gasteiger partial charge < -0.3 is 5.11 Å². The second-order valence-electron chi connectivity index (χ2n) is 13.2. The maximum atomic E-state index is 10.8.